The normalized spacial score (nSPS) is 13.5. The molecule has 2 rings (SSSR count). The topological polar surface area (TPSA) is 41.6 Å². The zero-order chi connectivity index (χ0) is 14.4. The van der Waals surface area contributed by atoms with Crippen molar-refractivity contribution in [2.24, 2.45) is 0 Å². The molecule has 0 atom stereocenters. The largest absolute Gasteiger partial charge is 0.407 e. The molecular formula is C10H7F6N3. The SMILES string of the molecule is Cc1cnc2nc(C(C(F)(F)F)C(F)(F)F)[nH]c2c1. The second kappa shape index (κ2) is 4.10. The van der Waals surface area contributed by atoms with Crippen LogP contribution in [0.4, 0.5) is 26.3 Å². The summed E-state index contributed by atoms with van der Waals surface area (Å²) in [5, 5.41) is 0. The Kier molecular flexibility index (Phi) is 2.94. The Morgan fingerprint density at radius 2 is 1.68 bits per heavy atom. The van der Waals surface area contributed by atoms with E-state index < -0.39 is 24.1 Å². The molecule has 9 heteroatoms. The molecule has 2 aromatic heterocycles. The monoisotopic (exact) mass is 283 g/mol. The lowest BCUT2D eigenvalue weighted by atomic mass is 10.1. The summed E-state index contributed by atoms with van der Waals surface area (Å²) in [4.78, 5) is 8.99. The van der Waals surface area contributed by atoms with Gasteiger partial charge < -0.3 is 4.98 Å². The Labute approximate surface area is 102 Å². The van der Waals surface area contributed by atoms with Crippen LogP contribution in [0.2, 0.25) is 0 Å². The van der Waals surface area contributed by atoms with Crippen molar-refractivity contribution in [2.45, 2.75) is 25.2 Å². The Balaban J connectivity index is 2.57. The summed E-state index contributed by atoms with van der Waals surface area (Å²) < 4.78 is 75.1. The highest BCUT2D eigenvalue weighted by Gasteiger charge is 2.59. The van der Waals surface area contributed by atoms with Crippen LogP contribution in [0.1, 0.15) is 17.3 Å². The van der Waals surface area contributed by atoms with Gasteiger partial charge in [-0.15, -0.1) is 0 Å². The lowest BCUT2D eigenvalue weighted by Gasteiger charge is -2.20. The third kappa shape index (κ3) is 2.64. The van der Waals surface area contributed by atoms with Gasteiger partial charge in [0.1, 0.15) is 5.82 Å². The zero-order valence-corrected chi connectivity index (χ0v) is 9.39. The first-order valence-corrected chi connectivity index (χ1v) is 5.04. The van der Waals surface area contributed by atoms with Crippen LogP contribution in [0, 0.1) is 6.92 Å². The third-order valence-corrected chi connectivity index (χ3v) is 2.42. The number of fused-ring (bicyclic) bond motifs is 1. The van der Waals surface area contributed by atoms with Crippen LogP contribution in [0.5, 0.6) is 0 Å². The minimum absolute atomic E-state index is 0.0356. The van der Waals surface area contributed by atoms with Crippen molar-refractivity contribution in [3.63, 3.8) is 0 Å². The van der Waals surface area contributed by atoms with Crippen LogP contribution in [-0.4, -0.2) is 27.3 Å². The number of pyridine rings is 1. The van der Waals surface area contributed by atoms with Crippen molar-refractivity contribution in [3.8, 4) is 0 Å². The molecule has 0 radical (unpaired) electrons. The Hall–Kier alpha value is -1.80. The summed E-state index contributed by atoms with van der Waals surface area (Å²) in [5.41, 5.74) is 0.450. The van der Waals surface area contributed by atoms with Crippen LogP contribution in [0.25, 0.3) is 11.2 Å². The van der Waals surface area contributed by atoms with Crippen molar-refractivity contribution in [3.05, 3.63) is 23.7 Å². The molecule has 2 aromatic rings. The van der Waals surface area contributed by atoms with E-state index in [1.165, 1.54) is 12.3 Å². The minimum Gasteiger partial charge on any atom is -0.340 e. The number of nitrogens with zero attached hydrogens (tertiary/aromatic N) is 2. The van der Waals surface area contributed by atoms with Crippen molar-refractivity contribution < 1.29 is 26.3 Å². The zero-order valence-electron chi connectivity index (χ0n) is 9.39. The molecule has 19 heavy (non-hydrogen) atoms. The number of alkyl halides is 6. The summed E-state index contributed by atoms with van der Waals surface area (Å²) >= 11 is 0. The third-order valence-electron chi connectivity index (χ3n) is 2.42. The molecule has 3 nitrogen and oxygen atoms in total. The number of aryl methyl sites for hydroxylation is 1. The van der Waals surface area contributed by atoms with Crippen LogP contribution in [0.3, 0.4) is 0 Å². The smallest absolute Gasteiger partial charge is 0.340 e. The van der Waals surface area contributed by atoms with Crippen LogP contribution in [-0.2, 0) is 0 Å². The van der Waals surface area contributed by atoms with Gasteiger partial charge in [0.05, 0.1) is 5.52 Å². The molecule has 104 valence electrons. The van der Waals surface area contributed by atoms with E-state index in [9.17, 15) is 26.3 Å². The number of aromatic nitrogens is 3. The molecular weight excluding hydrogens is 276 g/mol. The number of nitrogens with one attached hydrogen (secondary N) is 1. The van der Waals surface area contributed by atoms with E-state index in [2.05, 4.69) is 9.97 Å². The molecule has 0 amide bonds. The molecule has 0 bridgehead atoms. The Morgan fingerprint density at radius 1 is 1.11 bits per heavy atom. The second-order valence-electron chi connectivity index (χ2n) is 4.02. The maximum Gasteiger partial charge on any atom is 0.407 e. The quantitative estimate of drug-likeness (QED) is 0.814. The minimum atomic E-state index is -5.47. The average Bonchev–Trinajstić information content (AvgIpc) is 2.54. The van der Waals surface area contributed by atoms with Crippen molar-refractivity contribution in [1.82, 2.24) is 15.0 Å². The van der Waals surface area contributed by atoms with Gasteiger partial charge in [-0.3, -0.25) is 0 Å². The van der Waals surface area contributed by atoms with Gasteiger partial charge in [0, 0.05) is 6.20 Å². The molecule has 0 aliphatic heterocycles. The maximum absolute atomic E-state index is 12.5. The first-order chi connectivity index (χ1) is 8.59. The van der Waals surface area contributed by atoms with E-state index in [0.29, 0.717) is 5.56 Å². The average molecular weight is 283 g/mol. The van der Waals surface area contributed by atoms with Gasteiger partial charge in [0.15, 0.2) is 5.65 Å². The van der Waals surface area contributed by atoms with Gasteiger partial charge in [-0.05, 0) is 18.6 Å². The van der Waals surface area contributed by atoms with Gasteiger partial charge >= 0.3 is 12.4 Å². The highest BCUT2D eigenvalue weighted by molar-refractivity contribution is 5.71. The molecule has 0 aliphatic rings. The standard InChI is InChI=1S/C10H7F6N3/c1-4-2-5-7(17-3-4)19-8(18-5)6(9(11,12)13)10(14,15)16/h2-3,6H,1H3,(H,17,18,19). The number of rotatable bonds is 1. The summed E-state index contributed by atoms with van der Waals surface area (Å²) in [6.07, 6.45) is -9.63. The number of imidazole rings is 1. The predicted molar refractivity (Wildman–Crippen MR) is 53.5 cm³/mol. The lowest BCUT2D eigenvalue weighted by molar-refractivity contribution is -0.255. The number of aromatic amines is 1. The molecule has 1 N–H and O–H groups in total. The van der Waals surface area contributed by atoms with E-state index in [1.807, 2.05) is 4.98 Å². The summed E-state index contributed by atoms with van der Waals surface area (Å²) in [7, 11) is 0. The summed E-state index contributed by atoms with van der Waals surface area (Å²) in [5.74, 6) is -4.84. The van der Waals surface area contributed by atoms with E-state index in [0.717, 1.165) is 0 Å². The van der Waals surface area contributed by atoms with E-state index in [-0.39, 0.29) is 11.2 Å². The van der Waals surface area contributed by atoms with Gasteiger partial charge in [-0.2, -0.15) is 26.3 Å². The first-order valence-electron chi connectivity index (χ1n) is 5.04. The highest BCUT2D eigenvalue weighted by atomic mass is 19.4. The number of hydrogen-bond donors (Lipinski definition) is 1. The van der Waals surface area contributed by atoms with E-state index in [1.54, 1.807) is 6.92 Å². The van der Waals surface area contributed by atoms with Gasteiger partial charge in [0.25, 0.3) is 0 Å². The van der Waals surface area contributed by atoms with Crippen LogP contribution in [0.15, 0.2) is 12.3 Å². The number of H-pyrrole nitrogens is 1. The summed E-state index contributed by atoms with van der Waals surface area (Å²) in [6, 6.07) is 1.38. The molecule has 0 saturated heterocycles. The summed E-state index contributed by atoms with van der Waals surface area (Å²) in [6.45, 7) is 1.61. The van der Waals surface area contributed by atoms with Crippen molar-refractivity contribution >= 4 is 11.2 Å². The van der Waals surface area contributed by atoms with Gasteiger partial charge in [-0.25, -0.2) is 9.97 Å². The number of halogens is 6. The molecule has 0 spiro atoms. The van der Waals surface area contributed by atoms with Crippen molar-refractivity contribution in [1.29, 1.82) is 0 Å². The van der Waals surface area contributed by atoms with Crippen molar-refractivity contribution in [2.75, 3.05) is 0 Å². The van der Waals surface area contributed by atoms with Gasteiger partial charge in [0.2, 0.25) is 5.92 Å². The molecule has 0 unspecified atom stereocenters. The Morgan fingerprint density at radius 3 is 2.21 bits per heavy atom. The fraction of sp³-hybridized carbons (Fsp3) is 0.400. The first kappa shape index (κ1) is 13.6. The van der Waals surface area contributed by atoms with E-state index >= 15 is 0 Å². The predicted octanol–water partition coefficient (Wildman–Crippen LogP) is 3.47. The van der Waals surface area contributed by atoms with Gasteiger partial charge in [-0.1, -0.05) is 0 Å². The molecule has 0 fully saturated rings. The van der Waals surface area contributed by atoms with E-state index in [4.69, 9.17) is 0 Å². The number of hydrogen-bond acceptors (Lipinski definition) is 2. The fourth-order valence-electron chi connectivity index (χ4n) is 1.66. The lowest BCUT2D eigenvalue weighted by Crippen LogP contribution is -2.34. The van der Waals surface area contributed by atoms with Crippen LogP contribution >= 0.6 is 0 Å². The highest BCUT2D eigenvalue weighted by Crippen LogP contribution is 2.45. The molecule has 0 aromatic carbocycles. The Bertz CT molecular complexity index is 583. The maximum atomic E-state index is 12.5. The molecule has 0 aliphatic carbocycles. The second-order valence-corrected chi connectivity index (χ2v) is 4.02. The van der Waals surface area contributed by atoms with Crippen LogP contribution < -0.4 is 0 Å². The molecule has 0 saturated carbocycles. The molecule has 2 heterocycles. The fourth-order valence-corrected chi connectivity index (χ4v) is 1.66.